The van der Waals surface area contributed by atoms with Crippen molar-refractivity contribution < 1.29 is 4.79 Å². The minimum Gasteiger partial charge on any atom is -0.347 e. The Morgan fingerprint density at radius 2 is 2.27 bits per heavy atom. The van der Waals surface area contributed by atoms with Crippen molar-refractivity contribution in [2.24, 2.45) is 0 Å². The lowest BCUT2D eigenvalue weighted by Gasteiger charge is -2.25. The van der Waals surface area contributed by atoms with Gasteiger partial charge in [0.1, 0.15) is 0 Å². The Balaban J connectivity index is 2.18. The molecule has 1 aromatic rings. The average Bonchev–Trinajstić information content (AvgIpc) is 2.29. The topological polar surface area (TPSA) is 62.0 Å². The lowest BCUT2D eigenvalue weighted by atomic mass is 10.0. The summed E-state index contributed by atoms with van der Waals surface area (Å²) in [7, 11) is 0. The summed E-state index contributed by atoms with van der Waals surface area (Å²) < 4.78 is 0. The van der Waals surface area contributed by atoms with E-state index in [0.29, 0.717) is 6.42 Å². The van der Waals surface area contributed by atoms with Crippen LogP contribution in [0.2, 0.25) is 0 Å². The second kappa shape index (κ2) is 2.20. The monoisotopic (exact) mass is 170 g/mol. The molecule has 1 aliphatic heterocycles. The van der Waals surface area contributed by atoms with Crippen molar-refractivity contribution in [3.63, 3.8) is 0 Å². The van der Waals surface area contributed by atoms with Crippen LogP contribution in [0, 0.1) is 0 Å². The summed E-state index contributed by atoms with van der Waals surface area (Å²) in [5.41, 5.74) is 0.819. The molecular weight excluding hydrogens is 164 g/mol. The Labute approximate surface area is 66.3 Å². The number of carbonyl (C=O) groups is 1. The first-order valence-corrected chi connectivity index (χ1v) is 4.11. The molecule has 1 atom stereocenters. The summed E-state index contributed by atoms with van der Waals surface area (Å²) in [5.74, 6) is 0.0436. The minimum absolute atomic E-state index is 0.0430. The smallest absolute Gasteiger partial charge is 0.304 e. The van der Waals surface area contributed by atoms with Crippen molar-refractivity contribution in [3.8, 4) is 0 Å². The van der Waals surface area contributed by atoms with Crippen LogP contribution >= 0.6 is 11.3 Å². The number of hydrogen-bond donors (Lipinski definition) is 2. The minimum atomic E-state index is -0.0684. The summed E-state index contributed by atoms with van der Waals surface area (Å²) >= 11 is 1.12. The van der Waals surface area contributed by atoms with Crippen LogP contribution in [0.25, 0.3) is 0 Å². The highest BCUT2D eigenvalue weighted by Crippen LogP contribution is 2.21. The van der Waals surface area contributed by atoms with Crippen LogP contribution in [0.4, 0.5) is 0 Å². The highest BCUT2D eigenvalue weighted by molar-refractivity contribution is 7.07. The van der Waals surface area contributed by atoms with Crippen molar-refractivity contribution in [1.29, 1.82) is 0 Å². The molecule has 0 aliphatic carbocycles. The van der Waals surface area contributed by atoms with E-state index in [0.717, 1.165) is 17.0 Å². The molecule has 2 heterocycles. The number of carbonyl (C=O) groups excluding carboxylic acids is 1. The number of rotatable bonds is 1. The van der Waals surface area contributed by atoms with Crippen molar-refractivity contribution in [1.82, 2.24) is 10.3 Å². The van der Waals surface area contributed by atoms with E-state index in [9.17, 15) is 9.59 Å². The maximum absolute atomic E-state index is 10.7. The van der Waals surface area contributed by atoms with Crippen LogP contribution in [0.1, 0.15) is 18.2 Å². The van der Waals surface area contributed by atoms with Crippen LogP contribution in [0.15, 0.2) is 10.2 Å². The maximum atomic E-state index is 10.7. The maximum Gasteiger partial charge on any atom is 0.304 e. The van der Waals surface area contributed by atoms with E-state index < -0.39 is 0 Å². The van der Waals surface area contributed by atoms with Gasteiger partial charge < -0.3 is 10.3 Å². The molecule has 2 N–H and O–H groups in total. The number of H-pyrrole nitrogens is 1. The Morgan fingerprint density at radius 3 is 2.73 bits per heavy atom. The number of thiazole rings is 1. The lowest BCUT2D eigenvalue weighted by Crippen LogP contribution is -2.41. The van der Waals surface area contributed by atoms with Crippen molar-refractivity contribution in [2.45, 2.75) is 12.5 Å². The molecule has 0 radical (unpaired) electrons. The molecule has 4 nitrogen and oxygen atoms in total. The fourth-order valence-corrected chi connectivity index (χ4v) is 1.64. The van der Waals surface area contributed by atoms with Gasteiger partial charge in [0.25, 0.3) is 0 Å². The van der Waals surface area contributed by atoms with Crippen molar-refractivity contribution in [2.75, 3.05) is 0 Å². The molecule has 1 unspecified atom stereocenters. The van der Waals surface area contributed by atoms with Gasteiger partial charge in [0.15, 0.2) is 0 Å². The highest BCUT2D eigenvalue weighted by Gasteiger charge is 2.27. The van der Waals surface area contributed by atoms with Crippen molar-refractivity contribution >= 4 is 17.2 Å². The zero-order chi connectivity index (χ0) is 7.84. The third-order valence-corrected chi connectivity index (χ3v) is 2.33. The molecule has 1 fully saturated rings. The van der Waals surface area contributed by atoms with E-state index in [-0.39, 0.29) is 16.8 Å². The summed E-state index contributed by atoms with van der Waals surface area (Å²) in [6, 6.07) is 0.0430. The Bertz CT molecular complexity index is 332. The largest absolute Gasteiger partial charge is 0.347 e. The quantitative estimate of drug-likeness (QED) is 0.582. The number of amides is 1. The highest BCUT2D eigenvalue weighted by atomic mass is 32.1. The van der Waals surface area contributed by atoms with Gasteiger partial charge in [-0.1, -0.05) is 11.3 Å². The second-order valence-electron chi connectivity index (χ2n) is 2.43. The molecule has 0 bridgehead atoms. The number of aromatic amines is 1. The molecule has 58 valence electrons. The van der Waals surface area contributed by atoms with Gasteiger partial charge in [0.2, 0.25) is 5.91 Å². The molecule has 11 heavy (non-hydrogen) atoms. The molecule has 0 saturated carbocycles. The summed E-state index contributed by atoms with van der Waals surface area (Å²) in [6.45, 7) is 0. The molecule has 5 heteroatoms. The molecule has 1 saturated heterocycles. The normalized spacial score (nSPS) is 22.5. The van der Waals surface area contributed by atoms with Gasteiger partial charge in [0, 0.05) is 5.38 Å². The van der Waals surface area contributed by atoms with Crippen LogP contribution in [0.3, 0.4) is 0 Å². The Hall–Kier alpha value is -1.10. The molecule has 1 aromatic heterocycles. The molecular formula is C6H6N2O2S. The van der Waals surface area contributed by atoms with Crippen molar-refractivity contribution in [3.05, 3.63) is 20.7 Å². The fourth-order valence-electron chi connectivity index (χ4n) is 1.01. The van der Waals surface area contributed by atoms with E-state index in [2.05, 4.69) is 10.3 Å². The first-order valence-electron chi connectivity index (χ1n) is 3.23. The summed E-state index contributed by atoms with van der Waals surface area (Å²) in [5, 5.41) is 4.41. The summed E-state index contributed by atoms with van der Waals surface area (Å²) in [6.07, 6.45) is 0.493. The SMILES string of the molecule is O=C1CC(c2csc(=O)[nH]2)N1. The lowest BCUT2D eigenvalue weighted by molar-refractivity contribution is -0.128. The summed E-state index contributed by atoms with van der Waals surface area (Å²) in [4.78, 5) is 23.7. The van der Waals surface area contributed by atoms with Gasteiger partial charge >= 0.3 is 4.87 Å². The number of nitrogens with one attached hydrogen (secondary N) is 2. The molecule has 0 aromatic carbocycles. The third-order valence-electron chi connectivity index (χ3n) is 1.64. The van der Waals surface area contributed by atoms with Gasteiger partial charge in [-0.2, -0.15) is 0 Å². The van der Waals surface area contributed by atoms with E-state index in [1.807, 2.05) is 0 Å². The molecule has 1 amide bonds. The standard InChI is InChI=1S/C6H6N2O2S/c9-5-1-3(7-5)4-2-11-6(10)8-4/h2-3H,1H2,(H,7,9)(H,8,10). The van der Waals surface area contributed by atoms with Crippen LogP contribution in [-0.2, 0) is 4.79 Å². The first-order chi connectivity index (χ1) is 5.25. The van der Waals surface area contributed by atoms with Crippen LogP contribution < -0.4 is 10.2 Å². The molecule has 1 aliphatic rings. The molecule has 0 spiro atoms. The zero-order valence-electron chi connectivity index (χ0n) is 5.59. The van der Waals surface area contributed by atoms with E-state index in [1.165, 1.54) is 0 Å². The predicted molar refractivity (Wildman–Crippen MR) is 40.4 cm³/mol. The third kappa shape index (κ3) is 1.07. The van der Waals surface area contributed by atoms with Crippen LogP contribution in [-0.4, -0.2) is 10.9 Å². The number of hydrogen-bond acceptors (Lipinski definition) is 3. The van der Waals surface area contributed by atoms with Gasteiger partial charge in [0.05, 0.1) is 18.2 Å². The van der Waals surface area contributed by atoms with Gasteiger partial charge in [-0.05, 0) is 0 Å². The first kappa shape index (κ1) is 6.60. The fraction of sp³-hybridized carbons (Fsp3) is 0.333. The van der Waals surface area contributed by atoms with Gasteiger partial charge in [-0.25, -0.2) is 0 Å². The van der Waals surface area contributed by atoms with Crippen LogP contribution in [0.5, 0.6) is 0 Å². The number of β-lactam (4-membered cyclic amide) rings is 1. The van der Waals surface area contributed by atoms with Gasteiger partial charge in [-0.3, -0.25) is 9.59 Å². The Kier molecular flexibility index (Phi) is 1.32. The zero-order valence-corrected chi connectivity index (χ0v) is 6.40. The Morgan fingerprint density at radius 1 is 1.55 bits per heavy atom. The number of aromatic nitrogens is 1. The van der Waals surface area contributed by atoms with Gasteiger partial charge in [-0.15, -0.1) is 0 Å². The average molecular weight is 170 g/mol. The van der Waals surface area contributed by atoms with E-state index in [1.54, 1.807) is 5.38 Å². The predicted octanol–water partition coefficient (Wildman–Crippen LogP) is -0.00260. The molecule has 2 rings (SSSR count). The second-order valence-corrected chi connectivity index (χ2v) is 3.27. The van der Waals surface area contributed by atoms with E-state index in [4.69, 9.17) is 0 Å². The van der Waals surface area contributed by atoms with E-state index >= 15 is 0 Å².